The fourth-order valence-electron chi connectivity index (χ4n) is 3.20. The van der Waals surface area contributed by atoms with E-state index in [1.165, 1.54) is 0 Å². The van der Waals surface area contributed by atoms with E-state index in [1.54, 1.807) is 13.8 Å². The number of para-hydroxylation sites is 3. The smallest absolute Gasteiger partial charge is 0.224 e. The first-order valence-corrected chi connectivity index (χ1v) is 8.88. The number of imidazole rings is 1. The summed E-state index contributed by atoms with van der Waals surface area (Å²) in [7, 11) is 0. The van der Waals surface area contributed by atoms with Crippen LogP contribution in [-0.4, -0.2) is 20.6 Å². The number of carbonyl (C=O) groups is 1. The molecule has 2 heterocycles. The molecule has 0 atom stereocenters. The number of amides is 1. The van der Waals surface area contributed by atoms with Crippen LogP contribution < -0.4 is 5.32 Å². The van der Waals surface area contributed by atoms with Gasteiger partial charge in [-0.25, -0.2) is 4.98 Å². The lowest BCUT2D eigenvalue weighted by molar-refractivity contribution is -0.116. The van der Waals surface area contributed by atoms with Crippen LogP contribution in [0.4, 0.5) is 5.69 Å². The highest BCUT2D eigenvalue weighted by Gasteiger charge is 2.16. The summed E-state index contributed by atoms with van der Waals surface area (Å²) >= 11 is 0. The average Bonchev–Trinajstić information content (AvgIpc) is 3.21. The molecule has 0 unspecified atom stereocenters. The summed E-state index contributed by atoms with van der Waals surface area (Å²) in [6.45, 7) is 3.59. The van der Waals surface area contributed by atoms with Gasteiger partial charge >= 0.3 is 0 Å². The largest absolute Gasteiger partial charge is 0.359 e. The van der Waals surface area contributed by atoms with Crippen molar-refractivity contribution in [1.82, 2.24) is 14.7 Å². The van der Waals surface area contributed by atoms with Gasteiger partial charge in [-0.3, -0.25) is 9.36 Å². The van der Waals surface area contributed by atoms with Crippen molar-refractivity contribution in [3.63, 3.8) is 0 Å². The van der Waals surface area contributed by atoms with Crippen LogP contribution >= 0.6 is 0 Å². The van der Waals surface area contributed by atoms with Crippen molar-refractivity contribution >= 4 is 22.6 Å². The molecule has 0 aliphatic rings. The van der Waals surface area contributed by atoms with E-state index >= 15 is 0 Å². The maximum absolute atomic E-state index is 12.4. The van der Waals surface area contributed by atoms with Gasteiger partial charge in [0.25, 0.3) is 0 Å². The van der Waals surface area contributed by atoms with Crippen molar-refractivity contribution in [3.05, 3.63) is 71.9 Å². The third kappa shape index (κ3) is 3.33. The maximum atomic E-state index is 12.4. The molecule has 4 aromatic rings. The predicted molar refractivity (Wildman–Crippen MR) is 104 cm³/mol. The van der Waals surface area contributed by atoms with Crippen molar-refractivity contribution in [3.8, 4) is 5.69 Å². The molecule has 4 rings (SSSR count). The third-order valence-corrected chi connectivity index (χ3v) is 4.52. The molecule has 6 heteroatoms. The Labute approximate surface area is 156 Å². The lowest BCUT2D eigenvalue weighted by Gasteiger charge is -2.09. The van der Waals surface area contributed by atoms with E-state index in [0.29, 0.717) is 30.0 Å². The minimum absolute atomic E-state index is 0.0870. The predicted octanol–water partition coefficient (Wildman–Crippen LogP) is 4.20. The number of nitrogens with one attached hydrogen (secondary N) is 1. The Kier molecular flexibility index (Phi) is 4.46. The standard InChI is InChI=1S/C21H20N4O2/c1-14-21(15(2)27-24-14)23-20(26)13-12-19-22-17-10-6-7-11-18(17)25(19)16-8-4-3-5-9-16/h3-11H,12-13H2,1-2H3,(H,23,26). The minimum atomic E-state index is -0.0870. The normalized spacial score (nSPS) is 11.0. The highest BCUT2D eigenvalue weighted by molar-refractivity contribution is 5.91. The van der Waals surface area contributed by atoms with Crippen LogP contribution in [0.25, 0.3) is 16.7 Å². The number of nitrogens with zero attached hydrogens (tertiary/aromatic N) is 3. The summed E-state index contributed by atoms with van der Waals surface area (Å²) in [5.41, 5.74) is 4.31. The first-order chi connectivity index (χ1) is 13.1. The van der Waals surface area contributed by atoms with Crippen molar-refractivity contribution in [2.24, 2.45) is 0 Å². The SMILES string of the molecule is Cc1noc(C)c1NC(=O)CCc1nc2ccccc2n1-c1ccccc1. The number of fused-ring (bicyclic) bond motifs is 1. The zero-order valence-corrected chi connectivity index (χ0v) is 15.3. The lowest BCUT2D eigenvalue weighted by atomic mass is 10.2. The fourth-order valence-corrected chi connectivity index (χ4v) is 3.20. The molecule has 0 saturated carbocycles. The Hall–Kier alpha value is -3.41. The van der Waals surface area contributed by atoms with Gasteiger partial charge in [0.05, 0.1) is 11.0 Å². The third-order valence-electron chi connectivity index (χ3n) is 4.52. The second-order valence-corrected chi connectivity index (χ2v) is 6.44. The van der Waals surface area contributed by atoms with Crippen LogP contribution in [0.5, 0.6) is 0 Å². The molecule has 27 heavy (non-hydrogen) atoms. The number of carbonyl (C=O) groups excluding carboxylic acids is 1. The van der Waals surface area contributed by atoms with E-state index in [0.717, 1.165) is 22.5 Å². The molecule has 136 valence electrons. The topological polar surface area (TPSA) is 73.0 Å². The Morgan fingerprint density at radius 1 is 1.07 bits per heavy atom. The number of hydrogen-bond acceptors (Lipinski definition) is 4. The van der Waals surface area contributed by atoms with Gasteiger partial charge in [-0.2, -0.15) is 0 Å². The number of aromatic nitrogens is 3. The Morgan fingerprint density at radius 3 is 2.56 bits per heavy atom. The van der Waals surface area contributed by atoms with E-state index < -0.39 is 0 Å². The molecule has 0 bridgehead atoms. The molecule has 0 aliphatic heterocycles. The van der Waals surface area contributed by atoms with E-state index in [-0.39, 0.29) is 5.91 Å². The number of benzene rings is 2. The van der Waals surface area contributed by atoms with Crippen molar-refractivity contribution in [2.45, 2.75) is 26.7 Å². The van der Waals surface area contributed by atoms with Gasteiger partial charge in [0.15, 0.2) is 5.76 Å². The molecule has 0 radical (unpaired) electrons. The van der Waals surface area contributed by atoms with Crippen LogP contribution in [0.3, 0.4) is 0 Å². The second kappa shape index (κ2) is 7.07. The van der Waals surface area contributed by atoms with Gasteiger partial charge in [-0.15, -0.1) is 0 Å². The quantitative estimate of drug-likeness (QED) is 0.579. The van der Waals surface area contributed by atoms with Gasteiger partial charge in [0, 0.05) is 18.5 Å². The van der Waals surface area contributed by atoms with Gasteiger partial charge < -0.3 is 9.84 Å². The molecular formula is C21H20N4O2. The summed E-state index contributed by atoms with van der Waals surface area (Å²) in [6, 6.07) is 18.1. The number of anilines is 1. The Morgan fingerprint density at radius 2 is 1.81 bits per heavy atom. The molecule has 1 amide bonds. The molecular weight excluding hydrogens is 340 g/mol. The van der Waals surface area contributed by atoms with Crippen LogP contribution in [0.15, 0.2) is 59.1 Å². The summed E-state index contributed by atoms with van der Waals surface area (Å²) in [5, 5.41) is 6.75. The highest BCUT2D eigenvalue weighted by atomic mass is 16.5. The van der Waals surface area contributed by atoms with Crippen LogP contribution in [0.2, 0.25) is 0 Å². The summed E-state index contributed by atoms with van der Waals surface area (Å²) < 4.78 is 7.20. The molecule has 1 N–H and O–H groups in total. The van der Waals surface area contributed by atoms with E-state index in [2.05, 4.69) is 15.0 Å². The fraction of sp³-hybridized carbons (Fsp3) is 0.190. The van der Waals surface area contributed by atoms with Crippen molar-refractivity contribution in [1.29, 1.82) is 0 Å². The number of aryl methyl sites for hydroxylation is 3. The van der Waals surface area contributed by atoms with Crippen molar-refractivity contribution < 1.29 is 9.32 Å². The zero-order chi connectivity index (χ0) is 18.8. The van der Waals surface area contributed by atoms with E-state index in [1.807, 2.05) is 54.6 Å². The molecule has 0 fully saturated rings. The zero-order valence-electron chi connectivity index (χ0n) is 15.3. The van der Waals surface area contributed by atoms with Gasteiger partial charge in [-0.1, -0.05) is 35.5 Å². The Bertz CT molecular complexity index is 1080. The molecule has 2 aromatic heterocycles. The van der Waals surface area contributed by atoms with E-state index in [4.69, 9.17) is 9.51 Å². The maximum Gasteiger partial charge on any atom is 0.224 e. The number of hydrogen-bond donors (Lipinski definition) is 1. The summed E-state index contributed by atoms with van der Waals surface area (Å²) in [5.74, 6) is 1.38. The first kappa shape index (κ1) is 17.0. The van der Waals surface area contributed by atoms with Gasteiger partial charge in [0.1, 0.15) is 17.2 Å². The van der Waals surface area contributed by atoms with Gasteiger partial charge in [-0.05, 0) is 38.1 Å². The average molecular weight is 360 g/mol. The Balaban J connectivity index is 1.60. The monoisotopic (exact) mass is 360 g/mol. The molecule has 0 aliphatic carbocycles. The molecule has 0 spiro atoms. The highest BCUT2D eigenvalue weighted by Crippen LogP contribution is 2.23. The van der Waals surface area contributed by atoms with Gasteiger partial charge in [0.2, 0.25) is 5.91 Å². The van der Waals surface area contributed by atoms with E-state index in [9.17, 15) is 4.79 Å². The summed E-state index contributed by atoms with van der Waals surface area (Å²) in [6.07, 6.45) is 0.846. The number of rotatable bonds is 5. The summed E-state index contributed by atoms with van der Waals surface area (Å²) in [4.78, 5) is 17.2. The molecule has 6 nitrogen and oxygen atoms in total. The van der Waals surface area contributed by atoms with Crippen LogP contribution in [-0.2, 0) is 11.2 Å². The van der Waals surface area contributed by atoms with Crippen molar-refractivity contribution in [2.75, 3.05) is 5.32 Å². The minimum Gasteiger partial charge on any atom is -0.359 e. The van der Waals surface area contributed by atoms with Crippen LogP contribution in [0.1, 0.15) is 23.7 Å². The second-order valence-electron chi connectivity index (χ2n) is 6.44. The first-order valence-electron chi connectivity index (χ1n) is 8.88. The lowest BCUT2D eigenvalue weighted by Crippen LogP contribution is -2.14. The van der Waals surface area contributed by atoms with Crippen LogP contribution in [0, 0.1) is 13.8 Å². The molecule has 2 aromatic carbocycles. The molecule has 0 saturated heterocycles.